The Morgan fingerprint density at radius 3 is 2.65 bits per heavy atom. The molecule has 0 amide bonds. The molecule has 0 aliphatic carbocycles. The van der Waals surface area contributed by atoms with E-state index >= 15 is 0 Å². The zero-order chi connectivity index (χ0) is 16.9. The molecule has 0 aromatic heterocycles. The van der Waals surface area contributed by atoms with E-state index in [-0.39, 0.29) is 24.3 Å². The summed E-state index contributed by atoms with van der Waals surface area (Å²) in [4.78, 5) is 10.9. The summed E-state index contributed by atoms with van der Waals surface area (Å²) < 4.78 is 10.1. The second-order valence-electron chi connectivity index (χ2n) is 6.44. The highest BCUT2D eigenvalue weighted by Gasteiger charge is 2.41. The first-order valence-corrected chi connectivity index (χ1v) is 9.26. The third kappa shape index (κ3) is 9.77. The Hall–Kier alpha value is -0.870. The molecule has 1 fully saturated rings. The van der Waals surface area contributed by atoms with Gasteiger partial charge in [-0.1, -0.05) is 57.6 Å². The van der Waals surface area contributed by atoms with E-state index in [1.54, 1.807) is 0 Å². The molecular formula is C19H34O4. The zero-order valence-corrected chi connectivity index (χ0v) is 14.8. The Labute approximate surface area is 141 Å². The number of methoxy groups -OCH3 is 1. The van der Waals surface area contributed by atoms with Crippen LogP contribution in [0.3, 0.4) is 0 Å². The van der Waals surface area contributed by atoms with Gasteiger partial charge in [-0.05, 0) is 25.7 Å². The number of unbranched alkanes of at least 4 members (excludes halogenated alkanes) is 7. The van der Waals surface area contributed by atoms with Crippen LogP contribution in [0.4, 0.5) is 0 Å². The predicted molar refractivity (Wildman–Crippen MR) is 92.3 cm³/mol. The van der Waals surface area contributed by atoms with Crippen molar-refractivity contribution in [2.24, 2.45) is 0 Å². The van der Waals surface area contributed by atoms with Crippen molar-refractivity contribution in [2.45, 2.75) is 95.9 Å². The number of carbonyl (C=O) groups excluding carboxylic acids is 1. The highest BCUT2D eigenvalue weighted by atomic mass is 16.6. The minimum atomic E-state index is -0.300. The molecule has 0 bridgehead atoms. The van der Waals surface area contributed by atoms with Gasteiger partial charge in [0.2, 0.25) is 0 Å². The number of rotatable bonds is 14. The maximum atomic E-state index is 10.9. The molecule has 0 saturated carbocycles. The first-order valence-electron chi connectivity index (χ1n) is 9.26. The molecule has 0 radical (unpaired) electrons. The largest absolute Gasteiger partial charge is 0.469 e. The van der Waals surface area contributed by atoms with Crippen molar-refractivity contribution in [3.63, 3.8) is 0 Å². The Kier molecular flexibility index (Phi) is 11.0. The Bertz CT molecular complexity index is 340. The summed E-state index contributed by atoms with van der Waals surface area (Å²) in [5.74, 6) is -0.108. The van der Waals surface area contributed by atoms with Crippen LogP contribution in [0.5, 0.6) is 0 Å². The van der Waals surface area contributed by atoms with Crippen molar-refractivity contribution in [1.29, 1.82) is 0 Å². The first kappa shape index (κ1) is 20.2. The van der Waals surface area contributed by atoms with Gasteiger partial charge in [0.05, 0.1) is 13.2 Å². The van der Waals surface area contributed by atoms with Crippen molar-refractivity contribution in [3.8, 4) is 0 Å². The van der Waals surface area contributed by atoms with E-state index in [1.807, 2.05) is 0 Å². The smallest absolute Gasteiger partial charge is 0.305 e. The van der Waals surface area contributed by atoms with E-state index < -0.39 is 0 Å². The molecule has 1 N–H and O–H groups in total. The molecule has 0 unspecified atom stereocenters. The fraction of sp³-hybridized carbons (Fsp3) is 0.842. The molecule has 0 spiro atoms. The van der Waals surface area contributed by atoms with Crippen LogP contribution >= 0.6 is 0 Å². The molecule has 134 valence electrons. The van der Waals surface area contributed by atoms with Gasteiger partial charge in [0.1, 0.15) is 12.2 Å². The first-order chi connectivity index (χ1) is 11.2. The van der Waals surface area contributed by atoms with Crippen molar-refractivity contribution in [2.75, 3.05) is 7.11 Å². The molecule has 1 aliphatic heterocycles. The maximum absolute atomic E-state index is 10.9. The van der Waals surface area contributed by atoms with Gasteiger partial charge in [-0.2, -0.15) is 0 Å². The fourth-order valence-corrected chi connectivity index (χ4v) is 2.76. The van der Waals surface area contributed by atoms with E-state index in [0.717, 1.165) is 32.1 Å². The summed E-state index contributed by atoms with van der Waals surface area (Å²) in [5.41, 5.74) is 0. The van der Waals surface area contributed by atoms with Gasteiger partial charge in [0.15, 0.2) is 0 Å². The molecule has 1 heterocycles. The number of epoxide rings is 1. The number of esters is 1. The molecule has 0 aromatic carbocycles. The van der Waals surface area contributed by atoms with Crippen LogP contribution < -0.4 is 0 Å². The normalized spacial score (nSPS) is 21.5. The lowest BCUT2D eigenvalue weighted by Crippen LogP contribution is -2.16. The minimum absolute atomic E-state index is 0.0291. The topological polar surface area (TPSA) is 59.1 Å². The van der Waals surface area contributed by atoms with Gasteiger partial charge in [-0.25, -0.2) is 0 Å². The van der Waals surface area contributed by atoms with E-state index in [0.29, 0.717) is 6.42 Å². The summed E-state index contributed by atoms with van der Waals surface area (Å²) in [6, 6.07) is 0. The molecule has 23 heavy (non-hydrogen) atoms. The molecule has 3 atom stereocenters. The number of ether oxygens (including phenoxy) is 2. The van der Waals surface area contributed by atoms with Gasteiger partial charge in [-0.15, -0.1) is 0 Å². The molecule has 1 aliphatic rings. The Balaban J connectivity index is 1.91. The van der Waals surface area contributed by atoms with Crippen LogP contribution in [-0.2, 0) is 14.3 Å². The number of allylic oxidation sites excluding steroid dienone is 1. The Morgan fingerprint density at radius 1 is 1.17 bits per heavy atom. The summed E-state index contributed by atoms with van der Waals surface area (Å²) in [6.45, 7) is 2.17. The second-order valence-corrected chi connectivity index (χ2v) is 6.44. The third-order valence-corrected chi connectivity index (χ3v) is 4.35. The van der Waals surface area contributed by atoms with Crippen LogP contribution in [0, 0.1) is 0 Å². The van der Waals surface area contributed by atoms with Crippen LogP contribution in [-0.4, -0.2) is 36.5 Å². The average Bonchev–Trinajstić information content (AvgIpc) is 3.32. The minimum Gasteiger partial charge on any atom is -0.469 e. The van der Waals surface area contributed by atoms with Gasteiger partial charge in [0, 0.05) is 6.42 Å². The van der Waals surface area contributed by atoms with Gasteiger partial charge >= 0.3 is 5.97 Å². The van der Waals surface area contributed by atoms with Gasteiger partial charge in [0.25, 0.3) is 0 Å². The highest BCUT2D eigenvalue weighted by molar-refractivity contribution is 5.68. The summed E-state index contributed by atoms with van der Waals surface area (Å²) >= 11 is 0. The molecule has 1 saturated heterocycles. The summed E-state index contributed by atoms with van der Waals surface area (Å²) in [7, 11) is 1.44. The lowest BCUT2D eigenvalue weighted by Gasteiger charge is -2.05. The number of hydrogen-bond donors (Lipinski definition) is 1. The van der Waals surface area contributed by atoms with Crippen molar-refractivity contribution < 1.29 is 19.4 Å². The molecule has 4 heteroatoms. The van der Waals surface area contributed by atoms with Gasteiger partial charge in [-0.3, -0.25) is 4.79 Å². The lowest BCUT2D eigenvalue weighted by molar-refractivity contribution is -0.140. The van der Waals surface area contributed by atoms with E-state index in [9.17, 15) is 9.90 Å². The van der Waals surface area contributed by atoms with Crippen LogP contribution in [0.2, 0.25) is 0 Å². The molecular weight excluding hydrogens is 292 g/mol. The van der Waals surface area contributed by atoms with E-state index in [2.05, 4.69) is 23.8 Å². The number of aliphatic hydroxyl groups is 1. The van der Waals surface area contributed by atoms with E-state index in [1.165, 1.54) is 39.2 Å². The van der Waals surface area contributed by atoms with E-state index in [4.69, 9.17) is 4.74 Å². The van der Waals surface area contributed by atoms with Gasteiger partial charge < -0.3 is 14.6 Å². The SMILES string of the molecule is CCCCC[C@H](O)[C@H]1O[C@H]1/C=C\CCCCCCCC(=O)OC. The predicted octanol–water partition coefficient (Wildman–Crippen LogP) is 4.15. The maximum Gasteiger partial charge on any atom is 0.305 e. The number of hydrogen-bond acceptors (Lipinski definition) is 4. The standard InChI is InChI=1S/C19H34O4/c1-3-4-10-13-16(20)19-17(23-19)14-11-8-6-5-7-9-12-15-18(21)22-2/h11,14,16-17,19-20H,3-10,12-13,15H2,1-2H3/b14-11-/t16-,17-,19+/m0/s1. The number of aliphatic hydroxyl groups excluding tert-OH is 1. The zero-order valence-electron chi connectivity index (χ0n) is 14.8. The third-order valence-electron chi connectivity index (χ3n) is 4.35. The average molecular weight is 326 g/mol. The summed E-state index contributed by atoms with van der Waals surface area (Å²) in [6.07, 6.45) is 15.6. The quantitative estimate of drug-likeness (QED) is 0.225. The fourth-order valence-electron chi connectivity index (χ4n) is 2.76. The monoisotopic (exact) mass is 326 g/mol. The van der Waals surface area contributed by atoms with Crippen LogP contribution in [0.15, 0.2) is 12.2 Å². The Morgan fingerprint density at radius 2 is 1.91 bits per heavy atom. The van der Waals surface area contributed by atoms with Crippen LogP contribution in [0.25, 0.3) is 0 Å². The molecule has 4 nitrogen and oxygen atoms in total. The number of carbonyl (C=O) groups is 1. The van der Waals surface area contributed by atoms with Crippen molar-refractivity contribution in [1.82, 2.24) is 0 Å². The lowest BCUT2D eigenvalue weighted by atomic mass is 10.1. The second kappa shape index (κ2) is 12.5. The van der Waals surface area contributed by atoms with Crippen molar-refractivity contribution >= 4 is 5.97 Å². The van der Waals surface area contributed by atoms with Crippen LogP contribution in [0.1, 0.15) is 77.6 Å². The molecule has 0 aromatic rings. The molecule has 1 rings (SSSR count). The summed E-state index contributed by atoms with van der Waals surface area (Å²) in [5, 5.41) is 9.97. The van der Waals surface area contributed by atoms with Crippen molar-refractivity contribution in [3.05, 3.63) is 12.2 Å². The highest BCUT2D eigenvalue weighted by Crippen LogP contribution is 2.29.